The second-order valence-electron chi connectivity index (χ2n) is 6.70. The van der Waals surface area contributed by atoms with E-state index in [1.165, 1.54) is 31.2 Å². The molecule has 0 radical (unpaired) electrons. The summed E-state index contributed by atoms with van der Waals surface area (Å²) in [6, 6.07) is 7.07. The van der Waals surface area contributed by atoms with Gasteiger partial charge in [0.25, 0.3) is 0 Å². The van der Waals surface area contributed by atoms with Crippen LogP contribution in [0.2, 0.25) is 5.02 Å². The molecule has 0 aliphatic carbocycles. The van der Waals surface area contributed by atoms with Crippen LogP contribution in [0.25, 0.3) is 0 Å². The SMILES string of the molecule is Cc1[nH]c(C(OCc2cccc(C(F)(F)F)n2)c2ccc(F)c(Cl)c2)nc1S(C)(=O)=O. The molecule has 0 aliphatic rings. The number of aryl methyl sites for hydroxylation is 1. The lowest BCUT2D eigenvalue weighted by molar-refractivity contribution is -0.141. The molecule has 0 saturated heterocycles. The Bertz CT molecular complexity index is 1210. The zero-order chi connectivity index (χ0) is 23.0. The summed E-state index contributed by atoms with van der Waals surface area (Å²) in [7, 11) is -3.65. The Balaban J connectivity index is 1.98. The summed E-state index contributed by atoms with van der Waals surface area (Å²) in [6.45, 7) is 1.13. The number of nitrogens with one attached hydrogen (secondary N) is 1. The Kier molecular flexibility index (Phi) is 6.40. The first-order chi connectivity index (χ1) is 14.4. The number of nitrogens with zero attached hydrogens (tertiary/aromatic N) is 2. The molecule has 2 heterocycles. The van der Waals surface area contributed by atoms with Crippen LogP contribution in [-0.4, -0.2) is 29.6 Å². The van der Waals surface area contributed by atoms with Gasteiger partial charge in [0.05, 0.1) is 23.0 Å². The Morgan fingerprint density at radius 2 is 1.90 bits per heavy atom. The van der Waals surface area contributed by atoms with Gasteiger partial charge in [-0.1, -0.05) is 23.7 Å². The van der Waals surface area contributed by atoms with Crippen molar-refractivity contribution in [3.05, 3.63) is 75.7 Å². The van der Waals surface area contributed by atoms with Crippen molar-refractivity contribution in [2.75, 3.05) is 6.26 Å². The van der Waals surface area contributed by atoms with Gasteiger partial charge in [-0.2, -0.15) is 13.2 Å². The van der Waals surface area contributed by atoms with Crippen LogP contribution in [0.1, 0.15) is 34.6 Å². The third-order valence-electron chi connectivity index (χ3n) is 4.20. The van der Waals surface area contributed by atoms with Gasteiger partial charge in [-0.3, -0.25) is 0 Å². The van der Waals surface area contributed by atoms with E-state index in [0.717, 1.165) is 18.4 Å². The number of halogens is 5. The van der Waals surface area contributed by atoms with Gasteiger partial charge in [0.2, 0.25) is 0 Å². The molecule has 1 N–H and O–H groups in total. The van der Waals surface area contributed by atoms with Crippen LogP contribution in [0.3, 0.4) is 0 Å². The number of rotatable bonds is 6. The summed E-state index contributed by atoms with van der Waals surface area (Å²) in [5, 5.41) is -0.420. The molecule has 3 aromatic rings. The molecule has 0 spiro atoms. The minimum atomic E-state index is -4.62. The van der Waals surface area contributed by atoms with E-state index in [1.807, 2.05) is 0 Å². The predicted molar refractivity (Wildman–Crippen MR) is 104 cm³/mol. The standard InChI is InChI=1S/C19H16ClF4N3O3S/c1-10-18(31(2,28)29)27-17(25-10)16(11-6-7-14(21)13(20)8-11)30-9-12-4-3-5-15(26-12)19(22,23)24/h3-8,16H,9H2,1-2H3,(H,25,27). The molecular formula is C19H16ClF4N3O3S. The Hall–Kier alpha value is -2.50. The minimum absolute atomic E-state index is 0.0142. The number of alkyl halides is 3. The average Bonchev–Trinajstić information content (AvgIpc) is 3.06. The highest BCUT2D eigenvalue weighted by Crippen LogP contribution is 2.31. The van der Waals surface area contributed by atoms with Crippen LogP contribution in [-0.2, 0) is 27.4 Å². The van der Waals surface area contributed by atoms with E-state index in [9.17, 15) is 26.0 Å². The molecule has 12 heteroatoms. The molecule has 3 rings (SSSR count). The van der Waals surface area contributed by atoms with Crippen LogP contribution >= 0.6 is 11.6 Å². The van der Waals surface area contributed by atoms with E-state index in [4.69, 9.17) is 16.3 Å². The zero-order valence-corrected chi connectivity index (χ0v) is 17.7. The van der Waals surface area contributed by atoms with E-state index in [-0.39, 0.29) is 33.9 Å². The van der Waals surface area contributed by atoms with Crippen molar-refractivity contribution in [1.29, 1.82) is 0 Å². The molecule has 0 bridgehead atoms. The van der Waals surface area contributed by atoms with Gasteiger partial charge >= 0.3 is 6.18 Å². The van der Waals surface area contributed by atoms with E-state index in [1.54, 1.807) is 0 Å². The molecule has 1 unspecified atom stereocenters. The topological polar surface area (TPSA) is 84.9 Å². The highest BCUT2D eigenvalue weighted by Gasteiger charge is 2.32. The monoisotopic (exact) mass is 477 g/mol. The second-order valence-corrected chi connectivity index (χ2v) is 9.04. The summed E-state index contributed by atoms with van der Waals surface area (Å²) in [6.07, 6.45) is -4.72. The van der Waals surface area contributed by atoms with E-state index < -0.39 is 33.6 Å². The maximum Gasteiger partial charge on any atom is 0.433 e. The number of hydrogen-bond acceptors (Lipinski definition) is 5. The zero-order valence-electron chi connectivity index (χ0n) is 16.2. The van der Waals surface area contributed by atoms with Gasteiger partial charge in [-0.05, 0) is 36.8 Å². The molecule has 1 aromatic carbocycles. The predicted octanol–water partition coefficient (Wildman–Crippen LogP) is 4.63. The molecule has 0 fully saturated rings. The Morgan fingerprint density at radius 1 is 1.19 bits per heavy atom. The maximum atomic E-state index is 13.6. The van der Waals surface area contributed by atoms with E-state index in [2.05, 4.69) is 15.0 Å². The fraction of sp³-hybridized carbons (Fsp3) is 0.263. The van der Waals surface area contributed by atoms with Crippen LogP contribution in [0.4, 0.5) is 17.6 Å². The van der Waals surface area contributed by atoms with Gasteiger partial charge in [0, 0.05) is 6.26 Å². The Labute approximate surface area is 180 Å². The summed E-state index contributed by atoms with van der Waals surface area (Å²) in [4.78, 5) is 10.4. The fourth-order valence-electron chi connectivity index (χ4n) is 2.85. The van der Waals surface area contributed by atoms with Crippen molar-refractivity contribution >= 4 is 21.4 Å². The molecule has 166 valence electrons. The molecule has 6 nitrogen and oxygen atoms in total. The fourth-order valence-corrected chi connectivity index (χ4v) is 3.91. The molecule has 0 aliphatic heterocycles. The third kappa shape index (κ3) is 5.41. The third-order valence-corrected chi connectivity index (χ3v) is 5.59. The number of sulfone groups is 1. The number of H-pyrrole nitrogens is 1. The molecule has 0 amide bonds. The number of benzene rings is 1. The van der Waals surface area contributed by atoms with Gasteiger partial charge < -0.3 is 9.72 Å². The quantitative estimate of drug-likeness (QED) is 0.523. The molecule has 1 atom stereocenters. The van der Waals surface area contributed by atoms with Crippen LogP contribution < -0.4 is 0 Å². The first-order valence-electron chi connectivity index (χ1n) is 8.72. The van der Waals surface area contributed by atoms with Crippen molar-refractivity contribution < 1.29 is 30.7 Å². The van der Waals surface area contributed by atoms with Gasteiger partial charge in [-0.25, -0.2) is 22.8 Å². The number of pyridine rings is 1. The maximum absolute atomic E-state index is 13.6. The molecular weight excluding hydrogens is 462 g/mol. The largest absolute Gasteiger partial charge is 0.433 e. The lowest BCUT2D eigenvalue weighted by atomic mass is 10.1. The van der Waals surface area contributed by atoms with E-state index in [0.29, 0.717) is 5.56 Å². The molecule has 0 saturated carbocycles. The number of imidazole rings is 1. The van der Waals surface area contributed by atoms with Crippen molar-refractivity contribution in [3.63, 3.8) is 0 Å². The van der Waals surface area contributed by atoms with Crippen molar-refractivity contribution in [3.8, 4) is 0 Å². The van der Waals surface area contributed by atoms with Crippen molar-refractivity contribution in [2.24, 2.45) is 0 Å². The van der Waals surface area contributed by atoms with Gasteiger partial charge in [0.1, 0.15) is 23.4 Å². The number of ether oxygens (including phenoxy) is 1. The van der Waals surface area contributed by atoms with E-state index >= 15 is 0 Å². The highest BCUT2D eigenvalue weighted by molar-refractivity contribution is 7.90. The summed E-state index contributed by atoms with van der Waals surface area (Å²) in [5.74, 6) is -0.622. The second kappa shape index (κ2) is 8.56. The number of aromatic nitrogens is 3. The van der Waals surface area contributed by atoms with Gasteiger partial charge in [-0.15, -0.1) is 0 Å². The van der Waals surface area contributed by atoms with Crippen LogP contribution in [0, 0.1) is 12.7 Å². The van der Waals surface area contributed by atoms with Gasteiger partial charge in [0.15, 0.2) is 14.9 Å². The molecule has 2 aromatic heterocycles. The average molecular weight is 478 g/mol. The number of hydrogen-bond donors (Lipinski definition) is 1. The summed E-state index contributed by atoms with van der Waals surface area (Å²) < 4.78 is 81.9. The van der Waals surface area contributed by atoms with Crippen LogP contribution in [0.5, 0.6) is 0 Å². The Morgan fingerprint density at radius 3 is 2.48 bits per heavy atom. The summed E-state index contributed by atoms with van der Waals surface area (Å²) >= 11 is 5.85. The lowest BCUT2D eigenvalue weighted by Crippen LogP contribution is -2.12. The smallest absolute Gasteiger partial charge is 0.359 e. The summed E-state index contributed by atoms with van der Waals surface area (Å²) in [5.41, 5.74) is -0.536. The number of aromatic amines is 1. The first-order valence-corrected chi connectivity index (χ1v) is 11.0. The first kappa shape index (κ1) is 23.2. The normalized spacial score (nSPS) is 13.4. The minimum Gasteiger partial charge on any atom is -0.359 e. The van der Waals surface area contributed by atoms with Crippen molar-refractivity contribution in [1.82, 2.24) is 15.0 Å². The molecule has 31 heavy (non-hydrogen) atoms. The van der Waals surface area contributed by atoms with Crippen molar-refractivity contribution in [2.45, 2.75) is 30.8 Å². The highest BCUT2D eigenvalue weighted by atomic mass is 35.5. The van der Waals surface area contributed by atoms with Crippen LogP contribution in [0.15, 0.2) is 41.4 Å². The lowest BCUT2D eigenvalue weighted by Gasteiger charge is -2.17.